The molecule has 0 radical (unpaired) electrons. The first-order valence-electron chi connectivity index (χ1n) is 6.68. The van der Waals surface area contributed by atoms with Crippen molar-refractivity contribution < 1.29 is 27.4 Å². The molecule has 0 fully saturated rings. The Morgan fingerprint density at radius 2 is 1.43 bits per heavy atom. The van der Waals surface area contributed by atoms with Crippen molar-refractivity contribution in [3.05, 3.63) is 53.6 Å². The summed E-state index contributed by atoms with van der Waals surface area (Å²) >= 11 is 0. The van der Waals surface area contributed by atoms with E-state index in [4.69, 9.17) is 15.2 Å². The van der Waals surface area contributed by atoms with E-state index in [2.05, 4.69) is 4.74 Å². The van der Waals surface area contributed by atoms with Gasteiger partial charge in [0, 0.05) is 0 Å². The number of rotatable bonds is 5. The van der Waals surface area contributed by atoms with E-state index in [0.29, 0.717) is 22.6 Å². The molecule has 0 spiro atoms. The molecule has 0 bridgehead atoms. The van der Waals surface area contributed by atoms with Crippen LogP contribution in [-0.4, -0.2) is 20.6 Å². The Labute approximate surface area is 131 Å². The van der Waals surface area contributed by atoms with Crippen LogP contribution in [0.4, 0.5) is 13.2 Å². The third kappa shape index (κ3) is 4.07. The van der Waals surface area contributed by atoms with Crippen molar-refractivity contribution in [2.75, 3.05) is 14.2 Å². The minimum absolute atomic E-state index is 0.305. The molecule has 0 amide bonds. The zero-order chi connectivity index (χ0) is 17.0. The Hall–Kier alpha value is -2.41. The normalized spacial score (nSPS) is 12.6. The van der Waals surface area contributed by atoms with Crippen molar-refractivity contribution in [3.63, 3.8) is 0 Å². The van der Waals surface area contributed by atoms with Gasteiger partial charge >= 0.3 is 6.36 Å². The number of hydrogen-bond donors (Lipinski definition) is 1. The lowest BCUT2D eigenvalue weighted by molar-refractivity contribution is -0.274. The molecule has 2 aromatic rings. The van der Waals surface area contributed by atoms with Crippen molar-refractivity contribution in [1.82, 2.24) is 0 Å². The summed E-state index contributed by atoms with van der Waals surface area (Å²) in [6.45, 7) is 0. The molecule has 1 atom stereocenters. The predicted molar refractivity (Wildman–Crippen MR) is 78.7 cm³/mol. The zero-order valence-corrected chi connectivity index (χ0v) is 12.6. The molecule has 124 valence electrons. The fourth-order valence-corrected chi connectivity index (χ4v) is 2.23. The molecule has 2 rings (SSSR count). The second-order valence-electron chi connectivity index (χ2n) is 4.67. The highest BCUT2D eigenvalue weighted by Gasteiger charge is 2.31. The molecule has 0 aliphatic carbocycles. The van der Waals surface area contributed by atoms with Crippen LogP contribution in [0.1, 0.15) is 17.2 Å². The van der Waals surface area contributed by atoms with Crippen molar-refractivity contribution in [1.29, 1.82) is 0 Å². The Bertz CT molecular complexity index is 634. The van der Waals surface area contributed by atoms with Crippen molar-refractivity contribution >= 4 is 0 Å². The predicted octanol–water partition coefficient (Wildman–Crippen LogP) is 3.65. The summed E-state index contributed by atoms with van der Waals surface area (Å²) in [6, 6.07) is 9.97. The average Bonchev–Trinajstić information content (AvgIpc) is 2.52. The summed E-state index contributed by atoms with van der Waals surface area (Å²) in [5, 5.41) is 0. The van der Waals surface area contributed by atoms with Crippen molar-refractivity contribution in [2.45, 2.75) is 12.4 Å². The number of alkyl halides is 3. The molecule has 0 aliphatic rings. The highest BCUT2D eigenvalue weighted by molar-refractivity contribution is 5.50. The maximum atomic E-state index is 12.2. The fourth-order valence-electron chi connectivity index (χ4n) is 2.23. The van der Waals surface area contributed by atoms with Gasteiger partial charge in [-0.05, 0) is 29.8 Å². The van der Waals surface area contributed by atoms with E-state index in [9.17, 15) is 13.2 Å². The molecule has 0 saturated heterocycles. The van der Waals surface area contributed by atoms with Gasteiger partial charge in [0.15, 0.2) is 0 Å². The maximum absolute atomic E-state index is 12.2. The standard InChI is InChI=1S/C16H16F3NO3/c1-21-12-4-3-5-13(22-2)14(12)15(20)10-6-8-11(9-7-10)23-16(17,18)19/h3-9,15H,20H2,1-2H3/t15-/m0/s1. The van der Waals surface area contributed by atoms with E-state index in [0.717, 1.165) is 0 Å². The summed E-state index contributed by atoms with van der Waals surface area (Å²) in [4.78, 5) is 0. The summed E-state index contributed by atoms with van der Waals surface area (Å²) in [5.41, 5.74) is 7.44. The van der Waals surface area contributed by atoms with Gasteiger partial charge in [0.1, 0.15) is 17.2 Å². The quantitative estimate of drug-likeness (QED) is 0.911. The zero-order valence-electron chi connectivity index (χ0n) is 12.6. The summed E-state index contributed by atoms with van der Waals surface area (Å²) in [5.74, 6) is 0.764. The van der Waals surface area contributed by atoms with Gasteiger partial charge in [0.25, 0.3) is 0 Å². The van der Waals surface area contributed by atoms with Gasteiger partial charge < -0.3 is 19.9 Å². The van der Waals surface area contributed by atoms with Gasteiger partial charge in [-0.3, -0.25) is 0 Å². The number of halogens is 3. The largest absolute Gasteiger partial charge is 0.573 e. The molecule has 2 aromatic carbocycles. The van der Waals surface area contributed by atoms with E-state index in [1.165, 1.54) is 38.5 Å². The highest BCUT2D eigenvalue weighted by atomic mass is 19.4. The first-order valence-corrected chi connectivity index (χ1v) is 6.68. The third-order valence-electron chi connectivity index (χ3n) is 3.25. The summed E-state index contributed by atoms with van der Waals surface area (Å²) in [6.07, 6.45) is -4.73. The van der Waals surface area contributed by atoms with Crippen molar-refractivity contribution in [2.24, 2.45) is 5.73 Å². The maximum Gasteiger partial charge on any atom is 0.573 e. The minimum atomic E-state index is -4.73. The van der Waals surface area contributed by atoms with Crippen LogP contribution in [0.15, 0.2) is 42.5 Å². The van der Waals surface area contributed by atoms with Crippen LogP contribution in [0.3, 0.4) is 0 Å². The first-order chi connectivity index (χ1) is 10.9. The van der Waals surface area contributed by atoms with Gasteiger partial charge in [0.05, 0.1) is 25.8 Å². The van der Waals surface area contributed by atoms with E-state index < -0.39 is 12.4 Å². The second kappa shape index (κ2) is 6.78. The lowest BCUT2D eigenvalue weighted by Gasteiger charge is -2.19. The lowest BCUT2D eigenvalue weighted by atomic mass is 9.97. The smallest absolute Gasteiger partial charge is 0.496 e. The van der Waals surface area contributed by atoms with Gasteiger partial charge in [0.2, 0.25) is 0 Å². The minimum Gasteiger partial charge on any atom is -0.496 e. The number of benzene rings is 2. The molecule has 0 aliphatic heterocycles. The van der Waals surface area contributed by atoms with E-state index in [1.807, 2.05) is 0 Å². The number of hydrogen-bond acceptors (Lipinski definition) is 4. The monoisotopic (exact) mass is 327 g/mol. The SMILES string of the molecule is COc1cccc(OC)c1[C@@H](N)c1ccc(OC(F)(F)F)cc1. The van der Waals surface area contributed by atoms with E-state index in [-0.39, 0.29) is 5.75 Å². The number of nitrogens with two attached hydrogens (primary N) is 1. The molecule has 4 nitrogen and oxygen atoms in total. The molecular weight excluding hydrogens is 311 g/mol. The van der Waals surface area contributed by atoms with Gasteiger partial charge in [-0.1, -0.05) is 18.2 Å². The van der Waals surface area contributed by atoms with Crippen LogP contribution in [0.2, 0.25) is 0 Å². The van der Waals surface area contributed by atoms with Crippen LogP contribution >= 0.6 is 0 Å². The number of ether oxygens (including phenoxy) is 3. The van der Waals surface area contributed by atoms with Crippen LogP contribution in [0.5, 0.6) is 17.2 Å². The molecule has 23 heavy (non-hydrogen) atoms. The summed E-state index contributed by atoms with van der Waals surface area (Å²) < 4.78 is 51.0. The van der Waals surface area contributed by atoms with E-state index in [1.54, 1.807) is 18.2 Å². The van der Waals surface area contributed by atoms with Crippen LogP contribution in [0, 0.1) is 0 Å². The molecule has 0 aromatic heterocycles. The first kappa shape index (κ1) is 17.0. The van der Waals surface area contributed by atoms with Gasteiger partial charge in [-0.2, -0.15) is 0 Å². The molecule has 0 saturated carbocycles. The molecule has 0 unspecified atom stereocenters. The molecule has 7 heteroatoms. The Morgan fingerprint density at radius 1 is 0.913 bits per heavy atom. The Morgan fingerprint density at radius 3 is 1.87 bits per heavy atom. The van der Waals surface area contributed by atoms with E-state index >= 15 is 0 Å². The second-order valence-corrected chi connectivity index (χ2v) is 4.67. The third-order valence-corrected chi connectivity index (χ3v) is 3.25. The fraction of sp³-hybridized carbons (Fsp3) is 0.250. The van der Waals surface area contributed by atoms with Crippen LogP contribution in [0.25, 0.3) is 0 Å². The van der Waals surface area contributed by atoms with Gasteiger partial charge in [-0.25, -0.2) is 0 Å². The van der Waals surface area contributed by atoms with Gasteiger partial charge in [-0.15, -0.1) is 13.2 Å². The number of methoxy groups -OCH3 is 2. The average molecular weight is 327 g/mol. The summed E-state index contributed by atoms with van der Waals surface area (Å²) in [7, 11) is 3.01. The molecule has 0 heterocycles. The molecular formula is C16H16F3NO3. The van der Waals surface area contributed by atoms with Crippen LogP contribution in [-0.2, 0) is 0 Å². The topological polar surface area (TPSA) is 53.7 Å². The lowest BCUT2D eigenvalue weighted by Crippen LogP contribution is -2.17. The highest BCUT2D eigenvalue weighted by Crippen LogP contribution is 2.36. The molecule has 2 N–H and O–H groups in total. The van der Waals surface area contributed by atoms with Crippen LogP contribution < -0.4 is 19.9 Å². The Balaban J connectivity index is 2.32. The Kier molecular flexibility index (Phi) is 5.00. The van der Waals surface area contributed by atoms with Crippen molar-refractivity contribution in [3.8, 4) is 17.2 Å².